The number of halogens is 1. The van der Waals surface area contributed by atoms with Crippen molar-refractivity contribution in [3.05, 3.63) is 135 Å². The second-order valence-corrected chi connectivity index (χ2v) is 20.0. The molecule has 7 rings (SSSR count). The molecule has 10 heteroatoms. The van der Waals surface area contributed by atoms with Crippen LogP contribution in [0.25, 0.3) is 0 Å². The number of hydrogen-bond acceptors (Lipinski definition) is 6. The second-order valence-electron chi connectivity index (χ2n) is 14.0. The molecule has 0 bridgehead atoms. The van der Waals surface area contributed by atoms with Crippen LogP contribution < -0.4 is 14.8 Å². The number of nitrogens with zero attached hydrogens (tertiary/aromatic N) is 4. The third kappa shape index (κ3) is 6.10. The van der Waals surface area contributed by atoms with Crippen LogP contribution in [0.1, 0.15) is 41.6 Å². The number of aryl methyl sites for hydroxylation is 1. The van der Waals surface area contributed by atoms with Gasteiger partial charge in [0.05, 0.1) is 51.7 Å². The lowest BCUT2D eigenvalue weighted by Crippen LogP contribution is -2.51. The zero-order valence-electron chi connectivity index (χ0n) is 28.9. The van der Waals surface area contributed by atoms with Crippen molar-refractivity contribution >= 4 is 47.4 Å². The number of methoxy groups -OCH3 is 1. The van der Waals surface area contributed by atoms with Crippen molar-refractivity contribution in [1.82, 2.24) is 15.0 Å². The van der Waals surface area contributed by atoms with Crippen molar-refractivity contribution in [2.75, 3.05) is 18.6 Å². The SMILES string of the molecule is COc1ccc([Si](C)(C)[C@@H]2[C@@H](CCn3cc(C(CO)c4ccccc4)nn3)O[C@]3(C(=O)N(Cc4ccccc4)c4ccc(I)cc43)[C@H]2C)cc1. The van der Waals surface area contributed by atoms with Gasteiger partial charge in [0.25, 0.3) is 5.91 Å². The first-order chi connectivity index (χ1) is 24.2. The Bertz CT molecular complexity index is 1960. The van der Waals surface area contributed by atoms with Crippen LogP contribution in [0.4, 0.5) is 5.69 Å². The van der Waals surface area contributed by atoms with Gasteiger partial charge < -0.3 is 19.5 Å². The lowest BCUT2D eigenvalue weighted by molar-refractivity contribution is -0.146. The Hall–Kier alpha value is -3.84. The van der Waals surface area contributed by atoms with Crippen molar-refractivity contribution in [2.24, 2.45) is 5.92 Å². The summed E-state index contributed by atoms with van der Waals surface area (Å²) in [5.74, 6) is 0.488. The van der Waals surface area contributed by atoms with Gasteiger partial charge in [0.15, 0.2) is 5.60 Å². The zero-order valence-corrected chi connectivity index (χ0v) is 32.0. The first-order valence-corrected chi connectivity index (χ1v) is 21.4. The van der Waals surface area contributed by atoms with Gasteiger partial charge in [-0.05, 0) is 76.0 Å². The van der Waals surface area contributed by atoms with Gasteiger partial charge in [-0.25, -0.2) is 0 Å². The van der Waals surface area contributed by atoms with Gasteiger partial charge in [-0.3, -0.25) is 9.48 Å². The summed E-state index contributed by atoms with van der Waals surface area (Å²) in [6.45, 7) is 8.03. The number of amides is 1. The van der Waals surface area contributed by atoms with Gasteiger partial charge in [0.2, 0.25) is 0 Å². The van der Waals surface area contributed by atoms with E-state index in [2.05, 4.69) is 95.4 Å². The molecule has 8 nitrogen and oxygen atoms in total. The van der Waals surface area contributed by atoms with E-state index in [9.17, 15) is 5.11 Å². The summed E-state index contributed by atoms with van der Waals surface area (Å²) in [6.07, 6.45) is 2.38. The third-order valence-corrected chi connectivity index (χ3v) is 16.0. The summed E-state index contributed by atoms with van der Waals surface area (Å²) in [5.41, 5.74) is 3.68. The van der Waals surface area contributed by atoms with Crippen LogP contribution in [0.3, 0.4) is 0 Å². The van der Waals surface area contributed by atoms with Crippen molar-refractivity contribution in [3.8, 4) is 5.75 Å². The number of aromatic nitrogens is 3. The Balaban J connectivity index is 1.25. The lowest BCUT2D eigenvalue weighted by atomic mass is 9.82. The van der Waals surface area contributed by atoms with E-state index in [0.717, 1.165) is 37.4 Å². The molecular weight excluding hydrogens is 755 g/mol. The van der Waals surface area contributed by atoms with Crippen molar-refractivity contribution in [1.29, 1.82) is 0 Å². The highest BCUT2D eigenvalue weighted by Crippen LogP contribution is 2.60. The smallest absolute Gasteiger partial charge is 0.264 e. The van der Waals surface area contributed by atoms with E-state index < -0.39 is 13.7 Å². The van der Waals surface area contributed by atoms with E-state index >= 15 is 4.79 Å². The average Bonchev–Trinajstić information content (AvgIpc) is 3.79. The molecule has 5 atom stereocenters. The van der Waals surface area contributed by atoms with Crippen LogP contribution in [0.5, 0.6) is 5.75 Å². The molecule has 1 N–H and O–H groups in total. The molecule has 4 aromatic carbocycles. The van der Waals surface area contributed by atoms with Crippen LogP contribution in [-0.4, -0.2) is 53.9 Å². The number of aliphatic hydroxyl groups excluding tert-OH is 1. The maximum atomic E-state index is 15.0. The molecular formula is C40H43IN4O4Si. The number of carbonyl (C=O) groups excluding carboxylic acids is 1. The molecule has 1 aromatic heterocycles. The number of anilines is 1. The molecule has 3 heterocycles. The second kappa shape index (κ2) is 14.1. The van der Waals surface area contributed by atoms with E-state index in [4.69, 9.17) is 9.47 Å². The molecule has 258 valence electrons. The van der Waals surface area contributed by atoms with Crippen molar-refractivity contribution in [3.63, 3.8) is 0 Å². The van der Waals surface area contributed by atoms with Crippen LogP contribution in [0.2, 0.25) is 18.6 Å². The van der Waals surface area contributed by atoms with Crippen LogP contribution >= 0.6 is 22.6 Å². The number of carbonyl (C=O) groups is 1. The number of hydrogen-bond donors (Lipinski definition) is 1. The van der Waals surface area contributed by atoms with Gasteiger partial charge in [-0.2, -0.15) is 0 Å². The van der Waals surface area contributed by atoms with Gasteiger partial charge in [0, 0.05) is 27.8 Å². The predicted molar refractivity (Wildman–Crippen MR) is 206 cm³/mol. The average molecular weight is 799 g/mol. The molecule has 1 spiro atoms. The minimum Gasteiger partial charge on any atom is -0.497 e. The molecule has 1 fully saturated rings. The van der Waals surface area contributed by atoms with Crippen LogP contribution in [-0.2, 0) is 28.2 Å². The quantitative estimate of drug-likeness (QED) is 0.116. The minimum atomic E-state index is -2.29. The third-order valence-electron chi connectivity index (χ3n) is 10.9. The fourth-order valence-corrected chi connectivity index (χ4v) is 12.9. The van der Waals surface area contributed by atoms with E-state index in [1.54, 1.807) is 7.11 Å². The summed E-state index contributed by atoms with van der Waals surface area (Å²) in [6, 6.07) is 34.8. The monoisotopic (exact) mass is 798 g/mol. The van der Waals surface area contributed by atoms with Gasteiger partial charge in [0.1, 0.15) is 5.75 Å². The molecule has 0 aliphatic carbocycles. The first kappa shape index (κ1) is 34.6. The normalized spacial score (nSPS) is 22.2. The number of benzene rings is 4. The summed E-state index contributed by atoms with van der Waals surface area (Å²) in [5, 5.41) is 20.5. The molecule has 0 radical (unpaired) electrons. The molecule has 2 aliphatic rings. The van der Waals surface area contributed by atoms with Crippen LogP contribution in [0.15, 0.2) is 109 Å². The number of fused-ring (bicyclic) bond motifs is 2. The molecule has 0 saturated carbocycles. The minimum absolute atomic E-state index is 0.00887. The van der Waals surface area contributed by atoms with Gasteiger partial charge in [-0.15, -0.1) is 5.10 Å². The Labute approximate surface area is 308 Å². The molecule has 1 amide bonds. The van der Waals surface area contributed by atoms with Crippen molar-refractivity contribution in [2.45, 2.75) is 62.7 Å². The Morgan fingerprint density at radius 1 is 1.00 bits per heavy atom. The van der Waals surface area contributed by atoms with Gasteiger partial charge >= 0.3 is 0 Å². The van der Waals surface area contributed by atoms with E-state index in [-0.39, 0.29) is 36.0 Å². The number of aliphatic hydroxyl groups is 1. The van der Waals surface area contributed by atoms with E-state index in [1.807, 2.05) is 76.4 Å². The maximum absolute atomic E-state index is 15.0. The lowest BCUT2D eigenvalue weighted by Gasteiger charge is -2.37. The standard InChI is InChI=1S/C40H43IN4O4Si/c1-27-38(50(3,4)32-18-16-31(48-2)17-19-32)37(21-22-44-25-35(42-43-44)33(26-46)29-13-9-6-10-14-29)49-40(27)34-23-30(41)15-20-36(34)45(39(40)47)24-28-11-7-5-8-12-28/h5-20,23,25,27,33,37-38,46H,21-22,24,26H2,1-4H3/t27-,33?,37+,38-,40+/m0/s1. The zero-order chi connectivity index (χ0) is 35.0. The largest absolute Gasteiger partial charge is 0.497 e. The van der Waals surface area contributed by atoms with Crippen molar-refractivity contribution < 1.29 is 19.4 Å². The maximum Gasteiger partial charge on any atom is 0.264 e. The highest BCUT2D eigenvalue weighted by atomic mass is 127. The van der Waals surface area contributed by atoms with Crippen LogP contribution in [0, 0.1) is 9.49 Å². The molecule has 1 saturated heterocycles. The fourth-order valence-electron chi connectivity index (χ4n) is 8.38. The molecule has 50 heavy (non-hydrogen) atoms. The highest BCUT2D eigenvalue weighted by molar-refractivity contribution is 14.1. The number of rotatable bonds is 11. The fraction of sp³-hybridized carbons (Fsp3) is 0.325. The Morgan fingerprint density at radius 2 is 1.70 bits per heavy atom. The summed E-state index contributed by atoms with van der Waals surface area (Å²) < 4.78 is 15.8. The Morgan fingerprint density at radius 3 is 2.38 bits per heavy atom. The molecule has 5 aromatic rings. The summed E-state index contributed by atoms with van der Waals surface area (Å²) in [7, 11) is -0.606. The summed E-state index contributed by atoms with van der Waals surface area (Å²) in [4.78, 5) is 16.9. The van der Waals surface area contributed by atoms with Gasteiger partial charge in [-0.1, -0.05) is 103 Å². The van der Waals surface area contributed by atoms with E-state index in [0.29, 0.717) is 19.5 Å². The Kier molecular flexibility index (Phi) is 9.72. The summed E-state index contributed by atoms with van der Waals surface area (Å²) >= 11 is 2.34. The first-order valence-electron chi connectivity index (χ1n) is 17.2. The molecule has 1 unspecified atom stereocenters. The van der Waals surface area contributed by atoms with E-state index in [1.165, 1.54) is 5.19 Å². The topological polar surface area (TPSA) is 89.7 Å². The number of ether oxygens (including phenoxy) is 2. The highest BCUT2D eigenvalue weighted by Gasteiger charge is 2.66. The molecule has 2 aliphatic heterocycles. The predicted octanol–water partition coefficient (Wildman–Crippen LogP) is 6.87.